The summed E-state index contributed by atoms with van der Waals surface area (Å²) in [6, 6.07) is 20.1. The molecule has 0 spiro atoms. The van der Waals surface area contributed by atoms with Gasteiger partial charge in [-0.25, -0.2) is 0 Å². The van der Waals surface area contributed by atoms with Crippen LogP contribution < -0.4 is 20.7 Å². The van der Waals surface area contributed by atoms with Crippen molar-refractivity contribution in [1.82, 2.24) is 30.8 Å². The van der Waals surface area contributed by atoms with Gasteiger partial charge >= 0.3 is 0 Å². The van der Waals surface area contributed by atoms with E-state index in [2.05, 4.69) is 31.4 Å². The zero-order valence-electron chi connectivity index (χ0n) is 20.4. The molecular weight excluding hydrogens is 545 g/mol. The normalized spacial score (nSPS) is 10.6. The number of rotatable bonds is 10. The lowest BCUT2D eigenvalue weighted by atomic mass is 10.2. The van der Waals surface area contributed by atoms with Crippen LogP contribution in [0.15, 0.2) is 66.7 Å². The van der Waals surface area contributed by atoms with Crippen molar-refractivity contribution in [2.45, 2.75) is 19.9 Å². The number of halogens is 2. The van der Waals surface area contributed by atoms with Crippen LogP contribution in [0.4, 0.5) is 5.69 Å². The second kappa shape index (κ2) is 13.2. The predicted octanol–water partition coefficient (Wildman–Crippen LogP) is 5.24. The SMILES string of the molecule is Cc1ccc(NC(=S)NCCCNC(=O)Cn2nnc(-c3ccccc3Oc3ccc(Cl)cc3Cl)n2)cc1. The summed E-state index contributed by atoms with van der Waals surface area (Å²) >= 11 is 17.5. The van der Waals surface area contributed by atoms with Crippen LogP contribution in [0.1, 0.15) is 12.0 Å². The zero-order chi connectivity index (χ0) is 26.9. The summed E-state index contributed by atoms with van der Waals surface area (Å²) in [5.41, 5.74) is 2.70. The molecule has 0 aliphatic heterocycles. The van der Waals surface area contributed by atoms with Crippen molar-refractivity contribution >= 4 is 52.1 Å². The first-order chi connectivity index (χ1) is 18.4. The van der Waals surface area contributed by atoms with Gasteiger partial charge in [0, 0.05) is 23.8 Å². The van der Waals surface area contributed by atoms with Crippen LogP contribution in [-0.2, 0) is 11.3 Å². The molecule has 0 bridgehead atoms. The molecule has 3 N–H and O–H groups in total. The Hall–Kier alpha value is -3.73. The van der Waals surface area contributed by atoms with Crippen molar-refractivity contribution in [3.8, 4) is 22.9 Å². The van der Waals surface area contributed by atoms with Gasteiger partial charge in [0.2, 0.25) is 11.7 Å². The Balaban J connectivity index is 1.23. The Morgan fingerprint density at radius 2 is 1.76 bits per heavy atom. The number of hydrogen-bond donors (Lipinski definition) is 3. The lowest BCUT2D eigenvalue weighted by Crippen LogP contribution is -2.33. The van der Waals surface area contributed by atoms with Gasteiger partial charge in [0.15, 0.2) is 5.11 Å². The molecule has 4 rings (SSSR count). The Morgan fingerprint density at radius 3 is 2.55 bits per heavy atom. The van der Waals surface area contributed by atoms with Crippen molar-refractivity contribution in [2.75, 3.05) is 18.4 Å². The number of nitrogens with zero attached hydrogens (tertiary/aromatic N) is 4. The van der Waals surface area contributed by atoms with Crippen LogP contribution in [0.25, 0.3) is 11.4 Å². The fraction of sp³-hybridized carbons (Fsp3) is 0.192. The van der Waals surface area contributed by atoms with Crippen LogP contribution >= 0.6 is 35.4 Å². The number of thiocarbonyl (C=S) groups is 1. The maximum atomic E-state index is 12.3. The second-order valence-electron chi connectivity index (χ2n) is 8.27. The molecule has 0 saturated heterocycles. The third-order valence-electron chi connectivity index (χ3n) is 5.25. The first-order valence-corrected chi connectivity index (χ1v) is 12.9. The minimum Gasteiger partial charge on any atom is -0.455 e. The number of carbonyl (C=O) groups is 1. The number of hydrogen-bond acceptors (Lipinski definition) is 6. The molecule has 4 aromatic rings. The Morgan fingerprint density at radius 1 is 1.00 bits per heavy atom. The molecule has 9 nitrogen and oxygen atoms in total. The van der Waals surface area contributed by atoms with Crippen LogP contribution in [0.2, 0.25) is 10.0 Å². The van der Waals surface area contributed by atoms with Gasteiger partial charge in [-0.3, -0.25) is 4.79 Å². The van der Waals surface area contributed by atoms with E-state index in [0.29, 0.717) is 57.6 Å². The lowest BCUT2D eigenvalue weighted by molar-refractivity contribution is -0.122. The number of ether oxygens (including phenoxy) is 1. The Labute approximate surface area is 235 Å². The number of amides is 1. The van der Waals surface area contributed by atoms with Gasteiger partial charge in [-0.1, -0.05) is 53.0 Å². The highest BCUT2D eigenvalue weighted by Gasteiger charge is 2.15. The largest absolute Gasteiger partial charge is 0.455 e. The van der Waals surface area contributed by atoms with Crippen LogP contribution in [0.3, 0.4) is 0 Å². The molecule has 0 aliphatic carbocycles. The Kier molecular flexibility index (Phi) is 9.47. The predicted molar refractivity (Wildman–Crippen MR) is 153 cm³/mol. The summed E-state index contributed by atoms with van der Waals surface area (Å²) < 4.78 is 5.96. The molecule has 3 aromatic carbocycles. The molecule has 0 aliphatic rings. The summed E-state index contributed by atoms with van der Waals surface area (Å²) in [5.74, 6) is 1.02. The molecular formula is C26H25Cl2N7O2S. The molecule has 0 unspecified atom stereocenters. The molecule has 0 atom stereocenters. The minimum absolute atomic E-state index is 0.0696. The van der Waals surface area contributed by atoms with E-state index in [1.165, 1.54) is 10.4 Å². The number of anilines is 1. The van der Waals surface area contributed by atoms with Gasteiger partial charge in [-0.15, -0.1) is 10.2 Å². The molecule has 0 radical (unpaired) electrons. The van der Waals surface area contributed by atoms with Crippen molar-refractivity contribution < 1.29 is 9.53 Å². The van der Waals surface area contributed by atoms with Crippen LogP contribution in [0.5, 0.6) is 11.5 Å². The molecule has 1 amide bonds. The lowest BCUT2D eigenvalue weighted by Gasteiger charge is -2.11. The van der Waals surface area contributed by atoms with E-state index in [9.17, 15) is 4.79 Å². The van der Waals surface area contributed by atoms with Crippen molar-refractivity contribution in [3.05, 3.63) is 82.3 Å². The second-order valence-corrected chi connectivity index (χ2v) is 9.52. The maximum Gasteiger partial charge on any atom is 0.243 e. The van der Waals surface area contributed by atoms with E-state index in [4.69, 9.17) is 40.2 Å². The standard InChI is InChI=1S/C26H25Cl2N7O2S/c1-17-7-10-19(11-8-17)31-26(38)30-14-4-13-29-24(36)16-35-33-25(32-34-35)20-5-2-3-6-22(20)37-23-12-9-18(27)15-21(23)28/h2-3,5-12,15H,4,13-14,16H2,1H3,(H,29,36)(H2,30,31,38). The third-order valence-corrected chi connectivity index (χ3v) is 6.03. The average molecular weight is 571 g/mol. The minimum atomic E-state index is -0.230. The number of aromatic nitrogens is 4. The van der Waals surface area contributed by atoms with Gasteiger partial charge in [0.05, 0.1) is 10.6 Å². The van der Waals surface area contributed by atoms with E-state index in [1.54, 1.807) is 30.3 Å². The maximum absolute atomic E-state index is 12.3. The number of tetrazole rings is 1. The smallest absolute Gasteiger partial charge is 0.243 e. The quantitative estimate of drug-likeness (QED) is 0.176. The molecule has 196 valence electrons. The fourth-order valence-corrected chi connectivity index (χ4v) is 4.02. The molecule has 38 heavy (non-hydrogen) atoms. The molecule has 0 saturated carbocycles. The highest BCUT2D eigenvalue weighted by molar-refractivity contribution is 7.80. The molecule has 0 fully saturated rings. The van der Waals surface area contributed by atoms with Gasteiger partial charge in [-0.2, -0.15) is 4.80 Å². The van der Waals surface area contributed by atoms with E-state index in [0.717, 1.165) is 5.69 Å². The third kappa shape index (κ3) is 7.88. The van der Waals surface area contributed by atoms with Gasteiger partial charge in [0.1, 0.15) is 18.0 Å². The molecule has 1 heterocycles. The van der Waals surface area contributed by atoms with E-state index < -0.39 is 0 Å². The topological polar surface area (TPSA) is 106 Å². The van der Waals surface area contributed by atoms with Crippen LogP contribution in [-0.4, -0.2) is 44.3 Å². The summed E-state index contributed by atoms with van der Waals surface area (Å²) in [5, 5.41) is 22.9. The summed E-state index contributed by atoms with van der Waals surface area (Å²) in [6.07, 6.45) is 0.690. The molecule has 1 aromatic heterocycles. The zero-order valence-corrected chi connectivity index (χ0v) is 22.8. The average Bonchev–Trinajstić information content (AvgIpc) is 3.35. The van der Waals surface area contributed by atoms with Gasteiger partial charge < -0.3 is 20.7 Å². The van der Waals surface area contributed by atoms with E-state index in [1.807, 2.05) is 43.3 Å². The molecule has 12 heteroatoms. The van der Waals surface area contributed by atoms with E-state index >= 15 is 0 Å². The monoisotopic (exact) mass is 569 g/mol. The summed E-state index contributed by atoms with van der Waals surface area (Å²) in [6.45, 7) is 3.04. The highest BCUT2D eigenvalue weighted by atomic mass is 35.5. The van der Waals surface area contributed by atoms with E-state index in [-0.39, 0.29) is 12.5 Å². The first kappa shape index (κ1) is 27.3. The number of para-hydroxylation sites is 1. The fourth-order valence-electron chi connectivity index (χ4n) is 3.35. The highest BCUT2D eigenvalue weighted by Crippen LogP contribution is 2.35. The number of nitrogens with one attached hydrogen (secondary N) is 3. The van der Waals surface area contributed by atoms with Gasteiger partial charge in [-0.05, 0) is 73.2 Å². The summed E-state index contributed by atoms with van der Waals surface area (Å²) in [4.78, 5) is 13.6. The number of benzene rings is 3. The number of aryl methyl sites for hydroxylation is 1. The van der Waals surface area contributed by atoms with Crippen molar-refractivity contribution in [1.29, 1.82) is 0 Å². The number of carbonyl (C=O) groups excluding carboxylic acids is 1. The van der Waals surface area contributed by atoms with Crippen molar-refractivity contribution in [3.63, 3.8) is 0 Å². The van der Waals surface area contributed by atoms with Gasteiger partial charge in [0.25, 0.3) is 0 Å². The van der Waals surface area contributed by atoms with Crippen molar-refractivity contribution in [2.24, 2.45) is 0 Å². The van der Waals surface area contributed by atoms with Crippen LogP contribution in [0, 0.1) is 6.92 Å². The summed E-state index contributed by atoms with van der Waals surface area (Å²) in [7, 11) is 0. The Bertz CT molecular complexity index is 1410. The first-order valence-electron chi connectivity index (χ1n) is 11.8.